The van der Waals surface area contributed by atoms with E-state index in [1.165, 1.54) is 6.92 Å². The summed E-state index contributed by atoms with van der Waals surface area (Å²) in [7, 11) is 0. The number of aliphatic carboxylic acids is 1. The minimum Gasteiger partial charge on any atom is -0.481 e. The zero-order chi connectivity index (χ0) is 21.5. The van der Waals surface area contributed by atoms with Crippen molar-refractivity contribution in [2.75, 3.05) is 5.32 Å². The third-order valence-corrected chi connectivity index (χ3v) is 5.47. The van der Waals surface area contributed by atoms with Gasteiger partial charge in [0.25, 0.3) is 5.89 Å². The molecule has 1 aliphatic rings. The van der Waals surface area contributed by atoms with Gasteiger partial charge in [-0.05, 0) is 42.8 Å². The molecule has 0 spiro atoms. The lowest BCUT2D eigenvalue weighted by Crippen LogP contribution is -2.06. The molecule has 31 heavy (non-hydrogen) atoms. The number of rotatable bonds is 5. The van der Waals surface area contributed by atoms with E-state index in [2.05, 4.69) is 31.1 Å². The van der Waals surface area contributed by atoms with Crippen molar-refractivity contribution < 1.29 is 19.2 Å². The molecule has 0 saturated carbocycles. The third-order valence-electron chi connectivity index (χ3n) is 5.47. The molecule has 156 valence electrons. The van der Waals surface area contributed by atoms with E-state index in [0.717, 1.165) is 35.1 Å². The zero-order valence-corrected chi connectivity index (χ0v) is 16.7. The van der Waals surface area contributed by atoms with Gasteiger partial charge in [-0.15, -0.1) is 0 Å². The number of carbonyl (C=O) groups excluding carboxylic acids is 1. The first-order chi connectivity index (χ1) is 15.0. The first-order valence-electron chi connectivity index (χ1n) is 9.91. The Kier molecular flexibility index (Phi) is 4.50. The molecule has 9 nitrogen and oxygen atoms in total. The number of carbonyl (C=O) groups is 2. The standard InChI is InChI=1S/C22H19N5O4/c1-12(28)24-19-5-3-15(11-23-19)22-25-21(26-31-22)14-2-4-17-16(8-14)9-18-13(10-20(29)30)6-7-27(17)18/h2-5,8-9,11,13H,6-7,10H2,1H3,(H,29,30)(H,23,24,28)/t13-/m1/s1. The second-order valence-electron chi connectivity index (χ2n) is 7.61. The molecule has 1 aliphatic heterocycles. The maximum Gasteiger partial charge on any atom is 0.304 e. The summed E-state index contributed by atoms with van der Waals surface area (Å²) in [5, 5.41) is 16.9. The second kappa shape index (κ2) is 7.35. The second-order valence-corrected chi connectivity index (χ2v) is 7.61. The molecule has 5 rings (SSSR count). The molecule has 4 aromatic rings. The van der Waals surface area contributed by atoms with Crippen LogP contribution in [0, 0.1) is 0 Å². The van der Waals surface area contributed by atoms with E-state index in [0.29, 0.717) is 23.1 Å². The van der Waals surface area contributed by atoms with Gasteiger partial charge in [0.05, 0.1) is 12.0 Å². The van der Waals surface area contributed by atoms with Crippen LogP contribution in [0.2, 0.25) is 0 Å². The molecule has 0 fully saturated rings. The zero-order valence-electron chi connectivity index (χ0n) is 16.7. The molecular formula is C22H19N5O4. The van der Waals surface area contributed by atoms with Gasteiger partial charge in [0, 0.05) is 47.7 Å². The highest BCUT2D eigenvalue weighted by Gasteiger charge is 2.27. The van der Waals surface area contributed by atoms with Gasteiger partial charge < -0.3 is 19.5 Å². The number of hydrogen-bond donors (Lipinski definition) is 2. The van der Waals surface area contributed by atoms with Crippen molar-refractivity contribution >= 4 is 28.6 Å². The van der Waals surface area contributed by atoms with Crippen LogP contribution in [0.1, 0.15) is 31.4 Å². The van der Waals surface area contributed by atoms with Crippen LogP contribution in [0.4, 0.5) is 5.82 Å². The van der Waals surface area contributed by atoms with Gasteiger partial charge in [0.1, 0.15) is 5.82 Å². The van der Waals surface area contributed by atoms with Crippen LogP contribution >= 0.6 is 0 Å². The highest BCUT2D eigenvalue weighted by Crippen LogP contribution is 2.37. The summed E-state index contributed by atoms with van der Waals surface area (Å²) in [5.41, 5.74) is 3.60. The number of aryl methyl sites for hydroxylation is 1. The number of amides is 1. The smallest absolute Gasteiger partial charge is 0.304 e. The number of aromatic nitrogens is 4. The van der Waals surface area contributed by atoms with Gasteiger partial charge in [0.15, 0.2) is 0 Å². The lowest BCUT2D eigenvalue weighted by Gasteiger charge is -2.04. The van der Waals surface area contributed by atoms with E-state index in [1.54, 1.807) is 18.3 Å². The van der Waals surface area contributed by atoms with Gasteiger partial charge >= 0.3 is 5.97 Å². The Balaban J connectivity index is 1.42. The Labute approximate surface area is 176 Å². The molecule has 1 amide bonds. The molecular weight excluding hydrogens is 398 g/mol. The molecule has 3 aromatic heterocycles. The van der Waals surface area contributed by atoms with E-state index >= 15 is 0 Å². The van der Waals surface area contributed by atoms with Crippen LogP contribution in [0.5, 0.6) is 0 Å². The molecule has 0 unspecified atom stereocenters. The molecule has 0 radical (unpaired) electrons. The average molecular weight is 417 g/mol. The van der Waals surface area contributed by atoms with Crippen LogP contribution in [-0.4, -0.2) is 36.7 Å². The Morgan fingerprint density at radius 3 is 2.81 bits per heavy atom. The van der Waals surface area contributed by atoms with Gasteiger partial charge in [-0.3, -0.25) is 9.59 Å². The van der Waals surface area contributed by atoms with Crippen LogP contribution in [0.25, 0.3) is 33.7 Å². The number of anilines is 1. The lowest BCUT2D eigenvalue weighted by molar-refractivity contribution is -0.137. The average Bonchev–Trinajstić information content (AvgIpc) is 3.44. The number of pyridine rings is 1. The summed E-state index contributed by atoms with van der Waals surface area (Å²) < 4.78 is 7.59. The molecule has 0 saturated heterocycles. The van der Waals surface area contributed by atoms with Crippen LogP contribution in [0.3, 0.4) is 0 Å². The minimum absolute atomic E-state index is 0.0399. The Hall–Kier alpha value is -4.01. The Bertz CT molecular complexity index is 1310. The molecule has 4 heterocycles. The van der Waals surface area contributed by atoms with Crippen molar-refractivity contribution in [1.29, 1.82) is 0 Å². The molecule has 0 bridgehead atoms. The number of benzene rings is 1. The maximum absolute atomic E-state index is 11.1. The predicted molar refractivity (Wildman–Crippen MR) is 112 cm³/mol. The quantitative estimate of drug-likeness (QED) is 0.508. The van der Waals surface area contributed by atoms with Gasteiger partial charge in [-0.25, -0.2) is 4.98 Å². The van der Waals surface area contributed by atoms with Crippen molar-refractivity contribution in [3.63, 3.8) is 0 Å². The predicted octanol–water partition coefficient (Wildman–Crippen LogP) is 3.67. The SMILES string of the molecule is CC(=O)Nc1ccc(-c2nc(-c3ccc4c(c3)cc3n4CC[C@@H]3CC(=O)O)no2)cn1. The number of nitrogens with zero attached hydrogens (tertiary/aromatic N) is 4. The maximum atomic E-state index is 11.1. The molecule has 9 heteroatoms. The van der Waals surface area contributed by atoms with Crippen molar-refractivity contribution in [2.24, 2.45) is 0 Å². The summed E-state index contributed by atoms with van der Waals surface area (Å²) >= 11 is 0. The number of carboxylic acid groups (broad SMARTS) is 1. The fraction of sp³-hybridized carbons (Fsp3) is 0.227. The normalized spacial score (nSPS) is 15.2. The van der Waals surface area contributed by atoms with Crippen LogP contribution < -0.4 is 5.32 Å². The summed E-state index contributed by atoms with van der Waals surface area (Å²) in [4.78, 5) is 30.9. The number of carboxylic acids is 1. The van der Waals surface area contributed by atoms with Crippen molar-refractivity contribution in [3.8, 4) is 22.8 Å². The molecule has 1 atom stereocenters. The van der Waals surface area contributed by atoms with Crippen molar-refractivity contribution in [1.82, 2.24) is 19.7 Å². The molecule has 0 aliphatic carbocycles. The third kappa shape index (κ3) is 3.54. The van der Waals surface area contributed by atoms with Crippen LogP contribution in [0.15, 0.2) is 47.1 Å². The first kappa shape index (κ1) is 19.0. The van der Waals surface area contributed by atoms with Crippen molar-refractivity contribution in [3.05, 3.63) is 48.3 Å². The van der Waals surface area contributed by atoms with E-state index in [-0.39, 0.29) is 18.2 Å². The van der Waals surface area contributed by atoms with E-state index < -0.39 is 5.97 Å². The minimum atomic E-state index is -0.775. The topological polar surface area (TPSA) is 123 Å². The van der Waals surface area contributed by atoms with Crippen LogP contribution in [-0.2, 0) is 16.1 Å². The van der Waals surface area contributed by atoms with Gasteiger partial charge in [0.2, 0.25) is 11.7 Å². The van der Waals surface area contributed by atoms with E-state index in [9.17, 15) is 9.59 Å². The Morgan fingerprint density at radius 2 is 2.06 bits per heavy atom. The van der Waals surface area contributed by atoms with Gasteiger partial charge in [-0.1, -0.05) is 5.16 Å². The summed E-state index contributed by atoms with van der Waals surface area (Å²) in [6.07, 6.45) is 2.56. The summed E-state index contributed by atoms with van der Waals surface area (Å²) in [6, 6.07) is 11.4. The lowest BCUT2D eigenvalue weighted by atomic mass is 10.0. The number of hydrogen-bond acceptors (Lipinski definition) is 6. The van der Waals surface area contributed by atoms with Gasteiger partial charge in [-0.2, -0.15) is 4.98 Å². The highest BCUT2D eigenvalue weighted by molar-refractivity contribution is 5.88. The fourth-order valence-corrected chi connectivity index (χ4v) is 4.10. The summed E-state index contributed by atoms with van der Waals surface area (Å²) in [6.45, 7) is 2.24. The summed E-state index contributed by atoms with van der Waals surface area (Å²) in [5.74, 6) is 0.307. The first-order valence-corrected chi connectivity index (χ1v) is 9.91. The highest BCUT2D eigenvalue weighted by atomic mass is 16.5. The van der Waals surface area contributed by atoms with E-state index in [1.807, 2.05) is 18.2 Å². The fourth-order valence-electron chi connectivity index (χ4n) is 4.10. The largest absolute Gasteiger partial charge is 0.481 e. The number of fused-ring (bicyclic) bond motifs is 3. The molecule has 2 N–H and O–H groups in total. The Morgan fingerprint density at radius 1 is 1.23 bits per heavy atom. The van der Waals surface area contributed by atoms with E-state index in [4.69, 9.17) is 9.63 Å². The number of nitrogens with one attached hydrogen (secondary N) is 1. The monoisotopic (exact) mass is 417 g/mol. The molecule has 1 aromatic carbocycles. The van der Waals surface area contributed by atoms with Crippen molar-refractivity contribution in [2.45, 2.75) is 32.2 Å².